The van der Waals surface area contributed by atoms with Crippen molar-refractivity contribution < 1.29 is 19.1 Å². The highest BCUT2D eigenvalue weighted by atomic mass is 35.5. The summed E-state index contributed by atoms with van der Waals surface area (Å²) in [5, 5.41) is 0.624. The Morgan fingerprint density at radius 3 is 2.19 bits per heavy atom. The molecule has 164 valence electrons. The van der Waals surface area contributed by atoms with Crippen molar-refractivity contribution in [2.75, 3.05) is 46.0 Å². The number of carbonyl (C=O) groups excluding carboxylic acids is 2. The van der Waals surface area contributed by atoms with Gasteiger partial charge in [-0.1, -0.05) is 11.6 Å². The second-order valence-electron chi connectivity index (χ2n) is 8.01. The lowest BCUT2D eigenvalue weighted by atomic mass is 9.98. The fraction of sp³-hybridized carbons (Fsp3) is 0.417. The molecule has 4 rings (SSSR count). The fourth-order valence-corrected chi connectivity index (χ4v) is 4.14. The number of amides is 2. The zero-order chi connectivity index (χ0) is 21.6. The summed E-state index contributed by atoms with van der Waals surface area (Å²) >= 11 is 5.92. The molecule has 1 unspecified atom stereocenters. The molecule has 0 radical (unpaired) electrons. The average Bonchev–Trinajstić information content (AvgIpc) is 2.83. The molecule has 2 aromatic rings. The monoisotopic (exact) mass is 442 g/mol. The molecule has 7 heteroatoms. The molecule has 0 saturated carbocycles. The second kappa shape index (κ2) is 10.2. The van der Waals surface area contributed by atoms with Crippen molar-refractivity contribution in [1.82, 2.24) is 9.80 Å². The van der Waals surface area contributed by atoms with Crippen molar-refractivity contribution in [3.05, 3.63) is 64.7 Å². The predicted molar refractivity (Wildman–Crippen MR) is 119 cm³/mol. The summed E-state index contributed by atoms with van der Waals surface area (Å²) in [4.78, 5) is 29.0. The number of ether oxygens (including phenoxy) is 2. The first-order valence-corrected chi connectivity index (χ1v) is 11.1. The minimum Gasteiger partial charge on any atom is -0.493 e. The molecule has 2 fully saturated rings. The molecule has 2 heterocycles. The summed E-state index contributed by atoms with van der Waals surface area (Å²) in [5.41, 5.74) is 1.32. The third kappa shape index (κ3) is 5.57. The number of morpholine rings is 1. The van der Waals surface area contributed by atoms with Crippen LogP contribution in [0.1, 0.15) is 33.6 Å². The molecule has 0 aromatic heterocycles. The van der Waals surface area contributed by atoms with E-state index in [9.17, 15) is 9.59 Å². The molecule has 2 saturated heterocycles. The van der Waals surface area contributed by atoms with E-state index in [1.807, 2.05) is 34.1 Å². The smallest absolute Gasteiger partial charge is 0.254 e. The van der Waals surface area contributed by atoms with Gasteiger partial charge in [0.1, 0.15) is 5.75 Å². The SMILES string of the molecule is O=C(c1ccc(OCC2CCCN(C(=O)c3ccc(Cl)cc3)C2)cc1)N1CCOCC1. The maximum Gasteiger partial charge on any atom is 0.254 e. The Labute approximate surface area is 187 Å². The summed E-state index contributed by atoms with van der Waals surface area (Å²) < 4.78 is 11.3. The quantitative estimate of drug-likeness (QED) is 0.707. The number of nitrogens with zero attached hydrogens (tertiary/aromatic N) is 2. The maximum atomic E-state index is 12.8. The van der Waals surface area contributed by atoms with Gasteiger partial charge in [0.05, 0.1) is 19.8 Å². The van der Waals surface area contributed by atoms with Crippen molar-refractivity contribution in [3.8, 4) is 5.75 Å². The van der Waals surface area contributed by atoms with Gasteiger partial charge in [-0.15, -0.1) is 0 Å². The Bertz CT molecular complexity index is 895. The summed E-state index contributed by atoms with van der Waals surface area (Å²) in [7, 11) is 0. The molecular weight excluding hydrogens is 416 g/mol. The normalized spacial score (nSPS) is 19.2. The summed E-state index contributed by atoms with van der Waals surface area (Å²) in [6, 6.07) is 14.3. The number of hydrogen-bond donors (Lipinski definition) is 0. The van der Waals surface area contributed by atoms with Crippen LogP contribution in [0.4, 0.5) is 0 Å². The zero-order valence-corrected chi connectivity index (χ0v) is 18.2. The molecule has 0 bridgehead atoms. The summed E-state index contributed by atoms with van der Waals surface area (Å²) in [6.07, 6.45) is 1.98. The molecule has 2 aromatic carbocycles. The van der Waals surface area contributed by atoms with Crippen LogP contribution < -0.4 is 4.74 Å². The van der Waals surface area contributed by atoms with Gasteiger partial charge >= 0.3 is 0 Å². The lowest BCUT2D eigenvalue weighted by molar-refractivity contribution is 0.0303. The van der Waals surface area contributed by atoms with Gasteiger partial charge in [0, 0.05) is 48.2 Å². The van der Waals surface area contributed by atoms with Crippen molar-refractivity contribution in [2.24, 2.45) is 5.92 Å². The van der Waals surface area contributed by atoms with Gasteiger partial charge in [0.15, 0.2) is 0 Å². The molecular formula is C24H27ClN2O4. The number of carbonyl (C=O) groups is 2. The van der Waals surface area contributed by atoms with Crippen LogP contribution in [0.5, 0.6) is 5.75 Å². The lowest BCUT2D eigenvalue weighted by Gasteiger charge is -2.32. The van der Waals surface area contributed by atoms with Crippen LogP contribution in [0.25, 0.3) is 0 Å². The van der Waals surface area contributed by atoms with Crippen LogP contribution in [-0.2, 0) is 4.74 Å². The number of rotatable bonds is 5. The van der Waals surface area contributed by atoms with E-state index in [0.717, 1.165) is 25.1 Å². The van der Waals surface area contributed by atoms with Crippen LogP contribution in [0.15, 0.2) is 48.5 Å². The maximum absolute atomic E-state index is 12.8. The van der Waals surface area contributed by atoms with E-state index in [2.05, 4.69) is 0 Å². The third-order valence-corrected chi connectivity index (χ3v) is 6.03. The molecule has 31 heavy (non-hydrogen) atoms. The van der Waals surface area contributed by atoms with E-state index in [-0.39, 0.29) is 17.7 Å². The highest BCUT2D eigenvalue weighted by molar-refractivity contribution is 6.30. The number of likely N-dealkylation sites (tertiary alicyclic amines) is 1. The van der Waals surface area contributed by atoms with Crippen LogP contribution in [0.3, 0.4) is 0 Å². The minimum atomic E-state index is 0.0264. The van der Waals surface area contributed by atoms with Gasteiger partial charge in [-0.25, -0.2) is 0 Å². The molecule has 2 aliphatic heterocycles. The zero-order valence-electron chi connectivity index (χ0n) is 17.5. The predicted octanol–water partition coefficient (Wildman–Crippen LogP) is 3.74. The van der Waals surface area contributed by atoms with Gasteiger partial charge < -0.3 is 19.3 Å². The molecule has 2 amide bonds. The van der Waals surface area contributed by atoms with E-state index >= 15 is 0 Å². The third-order valence-electron chi connectivity index (χ3n) is 5.78. The highest BCUT2D eigenvalue weighted by Crippen LogP contribution is 2.22. The Morgan fingerprint density at radius 1 is 0.903 bits per heavy atom. The molecule has 0 aliphatic carbocycles. The molecule has 0 spiro atoms. The first-order valence-electron chi connectivity index (χ1n) is 10.7. The van der Waals surface area contributed by atoms with Crippen molar-refractivity contribution in [2.45, 2.75) is 12.8 Å². The second-order valence-corrected chi connectivity index (χ2v) is 8.44. The Kier molecular flexibility index (Phi) is 7.10. The Morgan fingerprint density at radius 2 is 1.52 bits per heavy atom. The fourth-order valence-electron chi connectivity index (χ4n) is 4.02. The number of piperidine rings is 1. The lowest BCUT2D eigenvalue weighted by Crippen LogP contribution is -2.41. The Balaban J connectivity index is 1.29. The van der Waals surface area contributed by atoms with Crippen LogP contribution in [-0.4, -0.2) is 67.6 Å². The number of hydrogen-bond acceptors (Lipinski definition) is 4. The molecule has 6 nitrogen and oxygen atoms in total. The highest BCUT2D eigenvalue weighted by Gasteiger charge is 2.25. The van der Waals surface area contributed by atoms with Crippen LogP contribution >= 0.6 is 11.6 Å². The Hall–Kier alpha value is -2.57. The summed E-state index contributed by atoms with van der Waals surface area (Å²) in [5.74, 6) is 1.07. The standard InChI is InChI=1S/C24H27ClN2O4/c25-21-7-3-19(4-8-21)24(29)27-11-1-2-18(16-27)17-31-22-9-5-20(6-10-22)23(28)26-12-14-30-15-13-26/h3-10,18H,1-2,11-17H2. The van der Waals surface area contributed by atoms with Gasteiger partial charge in [-0.2, -0.15) is 0 Å². The van der Waals surface area contributed by atoms with Crippen molar-refractivity contribution in [3.63, 3.8) is 0 Å². The van der Waals surface area contributed by atoms with Crippen LogP contribution in [0, 0.1) is 5.92 Å². The summed E-state index contributed by atoms with van der Waals surface area (Å²) in [6.45, 7) is 4.41. The molecule has 1 atom stereocenters. The molecule has 0 N–H and O–H groups in total. The van der Waals surface area contributed by atoms with Gasteiger partial charge in [-0.05, 0) is 61.4 Å². The first-order chi connectivity index (χ1) is 15.1. The first kappa shape index (κ1) is 21.7. The minimum absolute atomic E-state index is 0.0264. The average molecular weight is 443 g/mol. The number of benzene rings is 2. The van der Waals surface area contributed by atoms with Gasteiger partial charge in [0.2, 0.25) is 0 Å². The van der Waals surface area contributed by atoms with Crippen LogP contribution in [0.2, 0.25) is 5.02 Å². The largest absolute Gasteiger partial charge is 0.493 e. The van der Waals surface area contributed by atoms with Gasteiger partial charge in [-0.3, -0.25) is 9.59 Å². The van der Waals surface area contributed by atoms with E-state index < -0.39 is 0 Å². The van der Waals surface area contributed by atoms with Crippen molar-refractivity contribution >= 4 is 23.4 Å². The topological polar surface area (TPSA) is 59.1 Å². The van der Waals surface area contributed by atoms with Crippen molar-refractivity contribution in [1.29, 1.82) is 0 Å². The van der Waals surface area contributed by atoms with E-state index in [0.29, 0.717) is 55.6 Å². The molecule has 2 aliphatic rings. The van der Waals surface area contributed by atoms with E-state index in [4.69, 9.17) is 21.1 Å². The van der Waals surface area contributed by atoms with Gasteiger partial charge in [0.25, 0.3) is 11.8 Å². The van der Waals surface area contributed by atoms with E-state index in [1.54, 1.807) is 24.3 Å². The number of halogens is 1. The van der Waals surface area contributed by atoms with E-state index in [1.165, 1.54) is 0 Å².